The van der Waals surface area contributed by atoms with Crippen LogP contribution in [0.3, 0.4) is 0 Å². The zero-order chi connectivity index (χ0) is 13.7. The first-order valence-electron chi connectivity index (χ1n) is 6.64. The Balaban J connectivity index is 2.41. The highest BCUT2D eigenvalue weighted by Crippen LogP contribution is 2.26. The monoisotopic (exact) mass is 256 g/mol. The van der Waals surface area contributed by atoms with Crippen molar-refractivity contribution in [2.75, 3.05) is 13.6 Å². The number of hydrogen-bond acceptors (Lipinski definition) is 2. The molecule has 5 nitrogen and oxygen atoms in total. The molecule has 0 heterocycles. The molecule has 1 rings (SSSR count). The Bertz CT molecular complexity index is 301. The third-order valence-electron chi connectivity index (χ3n) is 3.41. The van der Waals surface area contributed by atoms with Crippen LogP contribution in [0.5, 0.6) is 0 Å². The second-order valence-electron chi connectivity index (χ2n) is 5.65. The van der Waals surface area contributed by atoms with Gasteiger partial charge in [0.25, 0.3) is 0 Å². The maximum Gasteiger partial charge on any atom is 0.326 e. The van der Waals surface area contributed by atoms with E-state index in [-0.39, 0.29) is 11.9 Å². The van der Waals surface area contributed by atoms with Gasteiger partial charge in [0, 0.05) is 13.6 Å². The van der Waals surface area contributed by atoms with Crippen LogP contribution in [0.1, 0.15) is 39.5 Å². The average Bonchev–Trinajstić information content (AvgIpc) is 2.21. The lowest BCUT2D eigenvalue weighted by Gasteiger charge is -2.31. The van der Waals surface area contributed by atoms with E-state index in [9.17, 15) is 9.59 Å². The van der Waals surface area contributed by atoms with E-state index >= 15 is 0 Å². The smallest absolute Gasteiger partial charge is 0.326 e. The summed E-state index contributed by atoms with van der Waals surface area (Å²) in [7, 11) is 1.72. The predicted molar refractivity (Wildman–Crippen MR) is 69.4 cm³/mol. The van der Waals surface area contributed by atoms with Gasteiger partial charge in [-0.1, -0.05) is 20.3 Å². The Morgan fingerprint density at radius 3 is 2.39 bits per heavy atom. The van der Waals surface area contributed by atoms with E-state index in [4.69, 9.17) is 5.11 Å². The van der Waals surface area contributed by atoms with E-state index in [1.165, 1.54) is 19.3 Å². The maximum atomic E-state index is 11.9. The third-order valence-corrected chi connectivity index (χ3v) is 3.41. The predicted octanol–water partition coefficient (Wildman–Crippen LogP) is 1.93. The number of aliphatic carboxylic acids is 1. The largest absolute Gasteiger partial charge is 0.480 e. The quantitative estimate of drug-likeness (QED) is 0.763. The summed E-state index contributed by atoms with van der Waals surface area (Å²) < 4.78 is 0. The summed E-state index contributed by atoms with van der Waals surface area (Å²) in [5, 5.41) is 11.6. The molecule has 1 aliphatic rings. The molecule has 0 aromatic rings. The molecule has 1 atom stereocenters. The van der Waals surface area contributed by atoms with Crippen LogP contribution in [-0.4, -0.2) is 41.6 Å². The van der Waals surface area contributed by atoms with Gasteiger partial charge in [0.05, 0.1) is 0 Å². The molecule has 0 spiro atoms. The van der Waals surface area contributed by atoms with Gasteiger partial charge in [-0.3, -0.25) is 0 Å². The summed E-state index contributed by atoms with van der Waals surface area (Å²) in [5.41, 5.74) is 0. The topological polar surface area (TPSA) is 69.6 Å². The van der Waals surface area contributed by atoms with Crippen molar-refractivity contribution in [3.63, 3.8) is 0 Å². The molecule has 1 saturated carbocycles. The Kier molecular flexibility index (Phi) is 5.44. The van der Waals surface area contributed by atoms with E-state index in [0.717, 1.165) is 6.54 Å². The fraction of sp³-hybridized carbons (Fsp3) is 0.846. The van der Waals surface area contributed by atoms with Crippen molar-refractivity contribution in [1.29, 1.82) is 0 Å². The number of rotatable bonds is 6. The number of urea groups is 1. The minimum absolute atomic E-state index is 0.239. The van der Waals surface area contributed by atoms with Crippen LogP contribution < -0.4 is 5.32 Å². The summed E-state index contributed by atoms with van der Waals surface area (Å²) in [5.74, 6) is -0.133. The molecule has 0 aromatic heterocycles. The normalized spacial score (nSPS) is 17.1. The van der Waals surface area contributed by atoms with Crippen LogP contribution in [0.15, 0.2) is 0 Å². The van der Waals surface area contributed by atoms with Crippen LogP contribution in [0.4, 0.5) is 4.79 Å². The van der Waals surface area contributed by atoms with Gasteiger partial charge in [0.1, 0.15) is 6.04 Å². The minimum Gasteiger partial charge on any atom is -0.480 e. The molecule has 0 radical (unpaired) electrons. The summed E-state index contributed by atoms with van der Waals surface area (Å²) >= 11 is 0. The molecule has 0 saturated heterocycles. The van der Waals surface area contributed by atoms with Crippen molar-refractivity contribution in [3.8, 4) is 0 Å². The zero-order valence-corrected chi connectivity index (χ0v) is 11.5. The van der Waals surface area contributed by atoms with E-state index in [2.05, 4.69) is 5.32 Å². The molecule has 104 valence electrons. The molecule has 2 amide bonds. The number of carbonyl (C=O) groups excluding carboxylic acids is 1. The van der Waals surface area contributed by atoms with Crippen molar-refractivity contribution >= 4 is 12.0 Å². The Labute approximate surface area is 109 Å². The van der Waals surface area contributed by atoms with Gasteiger partial charge >= 0.3 is 12.0 Å². The van der Waals surface area contributed by atoms with Crippen molar-refractivity contribution in [2.45, 2.75) is 45.6 Å². The SMILES string of the molecule is CC(C)C[C@@H](NC(=O)N(C)CC1CCC1)C(=O)O. The second-order valence-corrected chi connectivity index (χ2v) is 5.65. The number of nitrogens with one attached hydrogen (secondary N) is 1. The standard InChI is InChI=1S/C13H24N2O3/c1-9(2)7-11(12(16)17)14-13(18)15(3)8-10-5-4-6-10/h9-11H,4-8H2,1-3H3,(H,14,18)(H,16,17)/t11-/m1/s1. The fourth-order valence-electron chi connectivity index (χ4n) is 2.10. The maximum absolute atomic E-state index is 11.9. The van der Waals surface area contributed by atoms with Crippen molar-refractivity contribution in [2.24, 2.45) is 11.8 Å². The lowest BCUT2D eigenvalue weighted by atomic mass is 9.85. The van der Waals surface area contributed by atoms with Gasteiger partial charge in [0.2, 0.25) is 0 Å². The minimum atomic E-state index is -0.964. The molecule has 0 bridgehead atoms. The van der Waals surface area contributed by atoms with Gasteiger partial charge in [-0.05, 0) is 31.1 Å². The van der Waals surface area contributed by atoms with Crippen molar-refractivity contribution < 1.29 is 14.7 Å². The molecular formula is C13H24N2O3. The van der Waals surface area contributed by atoms with E-state index in [0.29, 0.717) is 12.3 Å². The number of nitrogens with zero attached hydrogens (tertiary/aromatic N) is 1. The zero-order valence-electron chi connectivity index (χ0n) is 11.5. The Hall–Kier alpha value is -1.26. The summed E-state index contributed by atoms with van der Waals surface area (Å²) in [4.78, 5) is 24.5. The first-order valence-corrected chi connectivity index (χ1v) is 6.64. The lowest BCUT2D eigenvalue weighted by molar-refractivity contribution is -0.139. The fourth-order valence-corrected chi connectivity index (χ4v) is 2.10. The molecule has 1 aliphatic carbocycles. The van der Waals surface area contributed by atoms with Gasteiger partial charge in [-0.15, -0.1) is 0 Å². The van der Waals surface area contributed by atoms with E-state index < -0.39 is 12.0 Å². The second kappa shape index (κ2) is 6.61. The molecular weight excluding hydrogens is 232 g/mol. The first-order chi connectivity index (χ1) is 8.40. The van der Waals surface area contributed by atoms with Crippen LogP contribution >= 0.6 is 0 Å². The summed E-state index contributed by atoms with van der Waals surface area (Å²) in [6.45, 7) is 4.61. The van der Waals surface area contributed by atoms with Gasteiger partial charge in [-0.25, -0.2) is 9.59 Å². The number of carbonyl (C=O) groups is 2. The molecule has 0 aliphatic heterocycles. The Morgan fingerprint density at radius 2 is 2.00 bits per heavy atom. The van der Waals surface area contributed by atoms with E-state index in [1.54, 1.807) is 11.9 Å². The van der Waals surface area contributed by atoms with Crippen molar-refractivity contribution in [3.05, 3.63) is 0 Å². The van der Waals surface area contributed by atoms with Crippen LogP contribution in [-0.2, 0) is 4.79 Å². The number of carboxylic acid groups (broad SMARTS) is 1. The highest BCUT2D eigenvalue weighted by atomic mass is 16.4. The van der Waals surface area contributed by atoms with Gasteiger partial charge in [0.15, 0.2) is 0 Å². The van der Waals surface area contributed by atoms with Gasteiger partial charge < -0.3 is 15.3 Å². The molecule has 1 fully saturated rings. The van der Waals surface area contributed by atoms with Crippen LogP contribution in [0.25, 0.3) is 0 Å². The molecule has 18 heavy (non-hydrogen) atoms. The highest BCUT2D eigenvalue weighted by molar-refractivity contribution is 5.82. The van der Waals surface area contributed by atoms with Gasteiger partial charge in [-0.2, -0.15) is 0 Å². The van der Waals surface area contributed by atoms with Crippen LogP contribution in [0.2, 0.25) is 0 Å². The van der Waals surface area contributed by atoms with E-state index in [1.807, 2.05) is 13.8 Å². The third kappa shape index (κ3) is 4.55. The first kappa shape index (κ1) is 14.8. The molecule has 0 unspecified atom stereocenters. The van der Waals surface area contributed by atoms with Crippen LogP contribution in [0, 0.1) is 11.8 Å². The number of amides is 2. The molecule has 0 aromatic carbocycles. The highest BCUT2D eigenvalue weighted by Gasteiger charge is 2.25. The molecule has 5 heteroatoms. The van der Waals surface area contributed by atoms with Crippen molar-refractivity contribution in [1.82, 2.24) is 10.2 Å². The summed E-state index contributed by atoms with van der Waals surface area (Å²) in [6, 6.07) is -1.07. The average molecular weight is 256 g/mol. The number of hydrogen-bond donors (Lipinski definition) is 2. The molecule has 2 N–H and O–H groups in total. The lowest BCUT2D eigenvalue weighted by Crippen LogP contribution is -2.48. The number of carboxylic acids is 1. The summed E-state index contributed by atoms with van der Waals surface area (Å²) in [6.07, 6.45) is 4.04. The Morgan fingerprint density at radius 1 is 1.39 bits per heavy atom.